The topological polar surface area (TPSA) is 86.7 Å². The third-order valence-corrected chi connectivity index (χ3v) is 32.9. The first-order valence-electron chi connectivity index (χ1n) is 34.3. The number of sulfone groups is 1. The SMILES string of the molecule is CCCCCCCCCCCCCCCCP(CCCC)(CCCC)(CCCC)OC(=O)c1ccccc1S(=O)(=O)c1ccccc1C(=O)OP(CCCC)(CCCC)(CCCC)CCCCCCCCCCCCCCCC. The molecule has 0 heterocycles. The molecular weight excluding hydrogens is 1030 g/mol. The monoisotopic (exact) mass is 1160 g/mol. The van der Waals surface area contributed by atoms with E-state index in [1.165, 1.54) is 154 Å². The third kappa shape index (κ3) is 27.2. The van der Waals surface area contributed by atoms with E-state index in [9.17, 15) is 0 Å². The Kier molecular flexibility index (Phi) is 39.8. The molecule has 0 aliphatic carbocycles. The van der Waals surface area contributed by atoms with Crippen LogP contribution >= 0.6 is 13.7 Å². The molecule has 79 heavy (non-hydrogen) atoms. The first-order chi connectivity index (χ1) is 38.3. The first-order valence-corrected chi connectivity index (χ1v) is 41.5. The van der Waals surface area contributed by atoms with E-state index in [4.69, 9.17) is 9.05 Å². The van der Waals surface area contributed by atoms with Crippen molar-refractivity contribution in [3.8, 4) is 0 Å². The predicted octanol–water partition coefficient (Wildman–Crippen LogP) is 23.5. The molecule has 0 amide bonds. The van der Waals surface area contributed by atoms with Crippen LogP contribution in [0.1, 0.15) is 333 Å². The Hall–Kier alpha value is -1.81. The van der Waals surface area contributed by atoms with E-state index in [1.807, 2.05) is 0 Å². The van der Waals surface area contributed by atoms with Gasteiger partial charge in [0.05, 0.1) is 0 Å². The second kappa shape index (κ2) is 42.9. The van der Waals surface area contributed by atoms with Crippen molar-refractivity contribution < 1.29 is 27.1 Å². The van der Waals surface area contributed by atoms with Crippen molar-refractivity contribution in [3.05, 3.63) is 59.7 Å². The van der Waals surface area contributed by atoms with Crippen LogP contribution < -0.4 is 0 Å². The van der Waals surface area contributed by atoms with Crippen LogP contribution in [-0.2, 0) is 18.9 Å². The van der Waals surface area contributed by atoms with Crippen molar-refractivity contribution in [1.82, 2.24) is 0 Å². The molecule has 2 aromatic rings. The van der Waals surface area contributed by atoms with Gasteiger partial charge in [0.1, 0.15) is 0 Å². The molecule has 0 aliphatic heterocycles. The summed E-state index contributed by atoms with van der Waals surface area (Å²) < 4.78 is 45.5. The molecule has 0 aromatic heterocycles. The molecule has 0 unspecified atom stereocenters. The standard InChI is InChI=1S/C70H128O6P2S/c1-9-17-25-27-29-31-33-35-37-39-41-43-45-51-63-77(57-19-11-3,58-20-12-4,59-21-13-5)75-69(71)65-53-47-49-55-67(65)79(73,74)68-56-50-48-54-66(68)70(72)76-78(60-22-14-6,61-23-15-7,62-24-16-8)64-52-46-44-42-40-38-36-34-32-30-28-26-18-10-2/h47-50,53-56H,9-46,51-52,57-64H2,1-8H3. The van der Waals surface area contributed by atoms with Crippen LogP contribution in [0.15, 0.2) is 58.3 Å². The van der Waals surface area contributed by atoms with Crippen LogP contribution in [0.4, 0.5) is 0 Å². The number of unbranched alkanes of at least 4 members (excludes halogenated alkanes) is 32. The van der Waals surface area contributed by atoms with Crippen molar-refractivity contribution in [2.45, 2.75) is 322 Å². The average molecular weight is 1160 g/mol. The molecule has 0 fully saturated rings. The van der Waals surface area contributed by atoms with Crippen molar-refractivity contribution in [2.75, 3.05) is 49.3 Å². The van der Waals surface area contributed by atoms with Crippen LogP contribution in [0.25, 0.3) is 0 Å². The number of carbonyl (C=O) groups excluding carboxylic acids is 2. The molecule has 0 atom stereocenters. The summed E-state index contributed by atoms with van der Waals surface area (Å²) in [5.41, 5.74) is 0.160. The normalized spacial score (nSPS) is 13.2. The maximum absolute atomic E-state index is 15.5. The summed E-state index contributed by atoms with van der Waals surface area (Å²) in [7, 11) is -4.40. The Morgan fingerprint density at radius 2 is 0.481 bits per heavy atom. The fourth-order valence-corrected chi connectivity index (χ4v) is 27.8. The molecule has 9 heteroatoms. The minimum atomic E-state index is -4.40. The zero-order chi connectivity index (χ0) is 57.9. The molecule has 0 saturated carbocycles. The zero-order valence-electron chi connectivity index (χ0n) is 53.3. The zero-order valence-corrected chi connectivity index (χ0v) is 55.9. The van der Waals surface area contributed by atoms with E-state index in [-0.39, 0.29) is 20.9 Å². The smallest absolute Gasteiger partial charge is 0.0654 e. The molecule has 0 bridgehead atoms. The van der Waals surface area contributed by atoms with Crippen molar-refractivity contribution in [2.24, 2.45) is 0 Å². The van der Waals surface area contributed by atoms with Crippen molar-refractivity contribution >= 4 is 35.4 Å². The van der Waals surface area contributed by atoms with Gasteiger partial charge >= 0.3 is 441 Å². The molecule has 0 N–H and O–H groups in total. The van der Waals surface area contributed by atoms with E-state index >= 15 is 18.0 Å². The second-order valence-electron chi connectivity index (χ2n) is 25.1. The van der Waals surface area contributed by atoms with E-state index in [0.29, 0.717) is 0 Å². The van der Waals surface area contributed by atoms with Gasteiger partial charge in [-0.05, 0) is 0 Å². The van der Waals surface area contributed by atoms with Gasteiger partial charge in [0.2, 0.25) is 0 Å². The molecule has 0 aliphatic rings. The van der Waals surface area contributed by atoms with E-state index in [2.05, 4.69) is 55.4 Å². The summed E-state index contributed by atoms with van der Waals surface area (Å²) in [6.07, 6.45) is 55.6. The minimum Gasteiger partial charge on any atom is -0.0654 e. The van der Waals surface area contributed by atoms with E-state index in [1.54, 1.807) is 48.5 Å². The summed E-state index contributed by atoms with van der Waals surface area (Å²) in [6, 6.07) is 13.3. The molecule has 0 spiro atoms. The first kappa shape index (κ1) is 73.3. The van der Waals surface area contributed by atoms with Crippen molar-refractivity contribution in [3.63, 3.8) is 0 Å². The molecule has 2 aromatic carbocycles. The Bertz CT molecular complexity index is 1800. The summed E-state index contributed by atoms with van der Waals surface area (Å²) in [5.74, 6) is -1.02. The molecular formula is C70H128O6P2S. The van der Waals surface area contributed by atoms with E-state index < -0.39 is 35.4 Å². The molecule has 0 radical (unpaired) electrons. The average Bonchev–Trinajstić information content (AvgIpc) is 3.46. The fraction of sp³-hybridized carbons (Fsp3) is 0.800. The maximum atomic E-state index is 15.5. The van der Waals surface area contributed by atoms with Crippen LogP contribution in [0.3, 0.4) is 0 Å². The third-order valence-electron chi connectivity index (χ3n) is 18.1. The predicted molar refractivity (Wildman–Crippen MR) is 352 cm³/mol. The minimum absolute atomic E-state index is 0.0800. The van der Waals surface area contributed by atoms with Gasteiger partial charge in [-0.15, -0.1) is 0 Å². The van der Waals surface area contributed by atoms with Crippen LogP contribution in [0, 0.1) is 0 Å². The Morgan fingerprint density at radius 3 is 0.709 bits per heavy atom. The number of rotatable bonds is 54. The van der Waals surface area contributed by atoms with Crippen LogP contribution in [0.5, 0.6) is 0 Å². The van der Waals surface area contributed by atoms with E-state index in [0.717, 1.165) is 152 Å². The molecule has 460 valence electrons. The molecule has 6 nitrogen and oxygen atoms in total. The fourth-order valence-electron chi connectivity index (χ4n) is 12.9. The van der Waals surface area contributed by atoms with Gasteiger partial charge in [-0.3, -0.25) is 0 Å². The van der Waals surface area contributed by atoms with Crippen LogP contribution in [-0.4, -0.2) is 69.7 Å². The number of hydrogen-bond donors (Lipinski definition) is 0. The van der Waals surface area contributed by atoms with Gasteiger partial charge in [0, 0.05) is 0 Å². The Morgan fingerprint density at radius 1 is 0.291 bits per heavy atom. The Balaban J connectivity index is 2.47. The number of carbonyl (C=O) groups is 2. The van der Waals surface area contributed by atoms with Gasteiger partial charge in [-0.2, -0.15) is 0 Å². The molecule has 0 saturated heterocycles. The number of benzene rings is 2. The van der Waals surface area contributed by atoms with Crippen LogP contribution in [0.2, 0.25) is 0 Å². The summed E-state index contributed by atoms with van der Waals surface area (Å²) >= 11 is 0. The van der Waals surface area contributed by atoms with Gasteiger partial charge in [0.15, 0.2) is 0 Å². The van der Waals surface area contributed by atoms with Crippen molar-refractivity contribution in [1.29, 1.82) is 0 Å². The van der Waals surface area contributed by atoms with Gasteiger partial charge in [-0.1, -0.05) is 52.4 Å². The van der Waals surface area contributed by atoms with Gasteiger partial charge < -0.3 is 0 Å². The summed E-state index contributed by atoms with van der Waals surface area (Å²) in [5, 5.41) is 0. The Labute approximate surface area is 490 Å². The quantitative estimate of drug-likeness (QED) is 0.0484. The second-order valence-corrected chi connectivity index (χ2v) is 38.3. The number of hydrogen-bond acceptors (Lipinski definition) is 6. The van der Waals surface area contributed by atoms with Gasteiger partial charge in [0.25, 0.3) is 0 Å². The summed E-state index contributed by atoms with van der Waals surface area (Å²) in [4.78, 5) is 30.4. The molecule has 2 rings (SSSR count). The van der Waals surface area contributed by atoms with Gasteiger partial charge in [-0.25, -0.2) is 0 Å². The summed E-state index contributed by atoms with van der Waals surface area (Å²) in [6.45, 7) is 11.6.